The van der Waals surface area contributed by atoms with Crippen molar-refractivity contribution >= 4 is 75.3 Å². The first kappa shape index (κ1) is 28.2. The SMILES string of the molecule is c1ccc(-c2nc(-c3ccc4sc5ccccc5c4c3)nc(-c3cccc4cc5c(cc34)oc3ccc4nc(-c6ccccc6)oc4c35)n2)cc1. The molecule has 238 valence electrons. The van der Waals surface area contributed by atoms with Crippen molar-refractivity contribution in [1.29, 1.82) is 0 Å². The van der Waals surface area contributed by atoms with Crippen molar-refractivity contribution < 1.29 is 8.83 Å². The molecule has 7 heteroatoms. The molecular formula is C44H24N4O2S. The summed E-state index contributed by atoms with van der Waals surface area (Å²) >= 11 is 1.80. The second kappa shape index (κ2) is 10.9. The van der Waals surface area contributed by atoms with Crippen LogP contribution in [0.3, 0.4) is 0 Å². The quantitative estimate of drug-likeness (QED) is 0.185. The van der Waals surface area contributed by atoms with E-state index >= 15 is 0 Å². The monoisotopic (exact) mass is 672 g/mol. The highest BCUT2D eigenvalue weighted by molar-refractivity contribution is 7.25. The van der Waals surface area contributed by atoms with Crippen LogP contribution in [-0.4, -0.2) is 19.9 Å². The third-order valence-corrected chi connectivity index (χ3v) is 10.7. The number of hydrogen-bond acceptors (Lipinski definition) is 7. The van der Waals surface area contributed by atoms with Gasteiger partial charge >= 0.3 is 0 Å². The summed E-state index contributed by atoms with van der Waals surface area (Å²) in [6, 6.07) is 49.5. The maximum absolute atomic E-state index is 6.49. The lowest BCUT2D eigenvalue weighted by Gasteiger charge is -2.10. The topological polar surface area (TPSA) is 77.8 Å². The molecular weight excluding hydrogens is 649 g/mol. The summed E-state index contributed by atoms with van der Waals surface area (Å²) in [6.45, 7) is 0. The molecule has 0 bridgehead atoms. The van der Waals surface area contributed by atoms with Gasteiger partial charge in [-0.1, -0.05) is 84.9 Å². The number of furan rings is 1. The fourth-order valence-corrected chi connectivity index (χ4v) is 8.21. The van der Waals surface area contributed by atoms with Gasteiger partial charge in [0.25, 0.3) is 0 Å². The smallest absolute Gasteiger partial charge is 0.227 e. The lowest BCUT2D eigenvalue weighted by Crippen LogP contribution is -2.00. The largest absolute Gasteiger partial charge is 0.456 e. The molecule has 0 amide bonds. The minimum absolute atomic E-state index is 0.585. The lowest BCUT2D eigenvalue weighted by molar-refractivity contribution is 0.622. The summed E-state index contributed by atoms with van der Waals surface area (Å²) in [6.07, 6.45) is 0. The number of fused-ring (bicyclic) bond motifs is 9. The van der Waals surface area contributed by atoms with Crippen molar-refractivity contribution in [2.24, 2.45) is 0 Å². The zero-order valence-electron chi connectivity index (χ0n) is 26.9. The van der Waals surface area contributed by atoms with E-state index in [1.165, 1.54) is 20.2 Å². The van der Waals surface area contributed by atoms with Crippen LogP contribution in [0.2, 0.25) is 0 Å². The highest BCUT2D eigenvalue weighted by Gasteiger charge is 2.20. The highest BCUT2D eigenvalue weighted by Crippen LogP contribution is 2.41. The molecule has 0 saturated heterocycles. The Bertz CT molecular complexity index is 3150. The summed E-state index contributed by atoms with van der Waals surface area (Å²) in [5.74, 6) is 2.43. The predicted molar refractivity (Wildman–Crippen MR) is 207 cm³/mol. The van der Waals surface area contributed by atoms with Crippen molar-refractivity contribution in [1.82, 2.24) is 19.9 Å². The summed E-state index contributed by atoms with van der Waals surface area (Å²) in [7, 11) is 0. The molecule has 0 aliphatic heterocycles. The van der Waals surface area contributed by atoms with Crippen LogP contribution in [0, 0.1) is 0 Å². The second-order valence-corrected chi connectivity index (χ2v) is 13.7. The van der Waals surface area contributed by atoms with Gasteiger partial charge in [-0.05, 0) is 71.4 Å². The number of oxazole rings is 1. The van der Waals surface area contributed by atoms with E-state index in [-0.39, 0.29) is 0 Å². The van der Waals surface area contributed by atoms with Gasteiger partial charge in [-0.2, -0.15) is 0 Å². The van der Waals surface area contributed by atoms with Gasteiger partial charge in [0.05, 0.1) is 5.39 Å². The zero-order valence-corrected chi connectivity index (χ0v) is 27.7. The Balaban J connectivity index is 1.11. The van der Waals surface area contributed by atoms with Gasteiger partial charge in [0.1, 0.15) is 16.7 Å². The van der Waals surface area contributed by atoms with Gasteiger partial charge in [-0.15, -0.1) is 11.3 Å². The normalized spacial score (nSPS) is 11.9. The maximum Gasteiger partial charge on any atom is 0.227 e. The highest BCUT2D eigenvalue weighted by atomic mass is 32.1. The third-order valence-electron chi connectivity index (χ3n) is 9.55. The molecule has 0 unspecified atom stereocenters. The molecule has 0 spiro atoms. The van der Waals surface area contributed by atoms with Gasteiger partial charge in [0, 0.05) is 47.8 Å². The molecule has 0 saturated carbocycles. The van der Waals surface area contributed by atoms with E-state index in [1.54, 1.807) is 11.3 Å². The predicted octanol–water partition coefficient (Wildman–Crippen LogP) is 12.1. The van der Waals surface area contributed by atoms with Gasteiger partial charge in [-0.3, -0.25) is 0 Å². The molecule has 0 aliphatic rings. The van der Waals surface area contributed by atoms with Crippen molar-refractivity contribution in [2.75, 3.05) is 0 Å². The van der Waals surface area contributed by atoms with Crippen LogP contribution in [0.1, 0.15) is 0 Å². The number of hydrogen-bond donors (Lipinski definition) is 0. The average Bonchev–Trinajstić information content (AvgIpc) is 3.90. The molecule has 11 aromatic rings. The molecule has 0 atom stereocenters. The van der Waals surface area contributed by atoms with E-state index in [9.17, 15) is 0 Å². The van der Waals surface area contributed by atoms with E-state index in [1.807, 2.05) is 72.8 Å². The van der Waals surface area contributed by atoms with Crippen molar-refractivity contribution in [3.05, 3.63) is 146 Å². The van der Waals surface area contributed by atoms with Crippen LogP contribution in [0.5, 0.6) is 0 Å². The molecule has 51 heavy (non-hydrogen) atoms. The number of thiophene rings is 1. The van der Waals surface area contributed by atoms with E-state index in [0.717, 1.165) is 60.5 Å². The van der Waals surface area contributed by atoms with Gasteiger partial charge in [0.15, 0.2) is 23.1 Å². The van der Waals surface area contributed by atoms with Crippen LogP contribution < -0.4 is 0 Å². The maximum atomic E-state index is 6.49. The van der Waals surface area contributed by atoms with Crippen LogP contribution >= 0.6 is 11.3 Å². The molecule has 0 fully saturated rings. The Hall–Kier alpha value is -6.70. The molecule has 0 N–H and O–H groups in total. The Morgan fingerprint density at radius 1 is 0.431 bits per heavy atom. The minimum Gasteiger partial charge on any atom is -0.456 e. The van der Waals surface area contributed by atoms with Crippen LogP contribution in [0.4, 0.5) is 0 Å². The first-order valence-electron chi connectivity index (χ1n) is 16.7. The van der Waals surface area contributed by atoms with Crippen LogP contribution in [0.25, 0.3) is 110 Å². The molecule has 4 aromatic heterocycles. The fraction of sp³-hybridized carbons (Fsp3) is 0. The number of aromatic nitrogens is 4. The summed E-state index contributed by atoms with van der Waals surface area (Å²) in [4.78, 5) is 20.0. The summed E-state index contributed by atoms with van der Waals surface area (Å²) in [5.41, 5.74) is 6.70. The van der Waals surface area contributed by atoms with Crippen molar-refractivity contribution in [3.8, 4) is 45.6 Å². The van der Waals surface area contributed by atoms with Gasteiger partial charge in [0.2, 0.25) is 5.89 Å². The van der Waals surface area contributed by atoms with Crippen LogP contribution in [-0.2, 0) is 0 Å². The fourth-order valence-electron chi connectivity index (χ4n) is 7.12. The first-order valence-corrected chi connectivity index (χ1v) is 17.5. The minimum atomic E-state index is 0.585. The van der Waals surface area contributed by atoms with Crippen LogP contribution in [0.15, 0.2) is 154 Å². The Morgan fingerprint density at radius 2 is 1.18 bits per heavy atom. The Morgan fingerprint density at radius 3 is 2.04 bits per heavy atom. The van der Waals surface area contributed by atoms with E-state index in [4.69, 9.17) is 28.8 Å². The van der Waals surface area contributed by atoms with E-state index < -0.39 is 0 Å². The number of rotatable bonds is 4. The molecule has 11 rings (SSSR count). The Kier molecular flexibility index (Phi) is 6.02. The molecule has 6 nitrogen and oxygen atoms in total. The molecule has 0 radical (unpaired) electrons. The van der Waals surface area contributed by atoms with E-state index in [2.05, 4.69) is 72.8 Å². The van der Waals surface area contributed by atoms with Gasteiger partial charge < -0.3 is 8.83 Å². The summed E-state index contributed by atoms with van der Waals surface area (Å²) in [5, 5.41) is 6.34. The van der Waals surface area contributed by atoms with Crippen molar-refractivity contribution in [3.63, 3.8) is 0 Å². The van der Waals surface area contributed by atoms with Crippen molar-refractivity contribution in [2.45, 2.75) is 0 Å². The zero-order chi connectivity index (χ0) is 33.5. The molecule has 7 aromatic carbocycles. The summed E-state index contributed by atoms with van der Waals surface area (Å²) < 4.78 is 15.4. The number of benzene rings is 7. The first-order chi connectivity index (χ1) is 25.2. The lowest BCUT2D eigenvalue weighted by atomic mass is 10.0. The van der Waals surface area contributed by atoms with Gasteiger partial charge in [-0.25, -0.2) is 19.9 Å². The average molecular weight is 673 g/mol. The third kappa shape index (κ3) is 4.49. The molecule has 0 aliphatic carbocycles. The number of nitrogens with zero attached hydrogens (tertiary/aromatic N) is 4. The molecule has 4 heterocycles. The second-order valence-electron chi connectivity index (χ2n) is 12.6. The standard InChI is InChI=1S/C44H24N4O2S/c1-3-10-25(11-4-1)41-46-42(28-18-21-38-32(23-28)29-15-7-8-17-37(29)51-38)48-43(47-41)30-16-9-14-27-22-33-36(24-31(27)30)49-35-20-19-34-40(39(33)35)50-44(45-34)26-12-5-2-6-13-26/h1-24H. The van der Waals surface area contributed by atoms with E-state index in [0.29, 0.717) is 28.9 Å². The Labute approximate surface area is 294 Å².